The quantitative estimate of drug-likeness (QED) is 0.363. The van der Waals surface area contributed by atoms with Crippen molar-refractivity contribution in [2.75, 3.05) is 0 Å². The van der Waals surface area contributed by atoms with E-state index in [9.17, 15) is 10.1 Å². The number of rotatable bonds is 4. The fourth-order valence-corrected chi connectivity index (χ4v) is 3.21. The number of hydrogen-bond acceptors (Lipinski definition) is 4. The van der Waals surface area contributed by atoms with E-state index >= 15 is 0 Å². The van der Waals surface area contributed by atoms with Crippen LogP contribution in [0.1, 0.15) is 37.9 Å². The SMILES string of the molecule is N#C/C(=C\c1ccc(-c2ccc(Cl)c(Cl)c2)o1)C(=O)OC1CCCCC1. The van der Waals surface area contributed by atoms with Crippen LogP contribution in [0.4, 0.5) is 0 Å². The van der Waals surface area contributed by atoms with Crippen molar-refractivity contribution in [3.8, 4) is 17.4 Å². The van der Waals surface area contributed by atoms with E-state index in [0.717, 1.165) is 31.2 Å². The van der Waals surface area contributed by atoms with E-state index in [4.69, 9.17) is 32.4 Å². The summed E-state index contributed by atoms with van der Waals surface area (Å²) >= 11 is 11.9. The van der Waals surface area contributed by atoms with Gasteiger partial charge < -0.3 is 9.15 Å². The van der Waals surface area contributed by atoms with E-state index < -0.39 is 5.97 Å². The molecule has 0 unspecified atom stereocenters. The minimum atomic E-state index is -0.605. The highest BCUT2D eigenvalue weighted by atomic mass is 35.5. The molecule has 6 heteroatoms. The average Bonchev–Trinajstić information content (AvgIpc) is 3.11. The van der Waals surface area contributed by atoms with Crippen LogP contribution in [-0.2, 0) is 9.53 Å². The van der Waals surface area contributed by atoms with Gasteiger partial charge in [-0.2, -0.15) is 5.26 Å². The van der Waals surface area contributed by atoms with Crippen molar-refractivity contribution in [1.82, 2.24) is 0 Å². The van der Waals surface area contributed by atoms with Gasteiger partial charge in [0, 0.05) is 11.6 Å². The van der Waals surface area contributed by atoms with E-state index in [2.05, 4.69) is 0 Å². The number of hydrogen-bond donors (Lipinski definition) is 0. The van der Waals surface area contributed by atoms with Crippen molar-refractivity contribution in [3.05, 3.63) is 51.7 Å². The number of nitriles is 1. The molecule has 0 spiro atoms. The van der Waals surface area contributed by atoms with Gasteiger partial charge in [-0.05, 0) is 56.0 Å². The Balaban J connectivity index is 1.75. The summed E-state index contributed by atoms with van der Waals surface area (Å²) < 4.78 is 11.1. The summed E-state index contributed by atoms with van der Waals surface area (Å²) in [7, 11) is 0. The average molecular weight is 390 g/mol. The van der Waals surface area contributed by atoms with Crippen LogP contribution in [0.3, 0.4) is 0 Å². The molecule has 0 saturated heterocycles. The second-order valence-corrected chi connectivity index (χ2v) is 6.98. The third kappa shape index (κ3) is 4.49. The maximum absolute atomic E-state index is 12.2. The molecule has 26 heavy (non-hydrogen) atoms. The van der Waals surface area contributed by atoms with Crippen molar-refractivity contribution in [2.24, 2.45) is 0 Å². The van der Waals surface area contributed by atoms with E-state index in [-0.39, 0.29) is 11.7 Å². The molecular formula is C20H17Cl2NO3. The standard InChI is InChI=1S/C20H17Cl2NO3/c21-17-8-6-13(11-18(17)22)19-9-7-16(25-19)10-14(12-23)20(24)26-15-4-2-1-3-5-15/h6-11,15H,1-5H2/b14-10+. The Kier molecular flexibility index (Phi) is 6.03. The summed E-state index contributed by atoms with van der Waals surface area (Å²) in [6.07, 6.45) is 6.27. The lowest BCUT2D eigenvalue weighted by Crippen LogP contribution is -2.21. The van der Waals surface area contributed by atoms with Gasteiger partial charge in [-0.15, -0.1) is 0 Å². The summed E-state index contributed by atoms with van der Waals surface area (Å²) in [4.78, 5) is 12.2. The summed E-state index contributed by atoms with van der Waals surface area (Å²) in [5.74, 6) is 0.350. The van der Waals surface area contributed by atoms with Gasteiger partial charge in [-0.3, -0.25) is 0 Å². The summed E-state index contributed by atoms with van der Waals surface area (Å²) in [5, 5.41) is 10.2. The molecule has 1 aliphatic rings. The Morgan fingerprint density at radius 1 is 1.15 bits per heavy atom. The van der Waals surface area contributed by atoms with E-state index in [1.807, 2.05) is 6.07 Å². The summed E-state index contributed by atoms with van der Waals surface area (Å²) in [6.45, 7) is 0. The first-order valence-electron chi connectivity index (χ1n) is 8.45. The van der Waals surface area contributed by atoms with Crippen molar-refractivity contribution >= 4 is 35.2 Å². The van der Waals surface area contributed by atoms with Gasteiger partial charge >= 0.3 is 5.97 Å². The van der Waals surface area contributed by atoms with Gasteiger partial charge in [0.15, 0.2) is 0 Å². The highest BCUT2D eigenvalue weighted by molar-refractivity contribution is 6.42. The molecule has 134 valence electrons. The van der Waals surface area contributed by atoms with Crippen LogP contribution in [0.15, 0.2) is 40.3 Å². The first-order chi connectivity index (χ1) is 12.6. The first kappa shape index (κ1) is 18.6. The van der Waals surface area contributed by atoms with Crippen LogP contribution in [0, 0.1) is 11.3 Å². The highest BCUT2D eigenvalue weighted by Crippen LogP contribution is 2.30. The second kappa shape index (κ2) is 8.44. The van der Waals surface area contributed by atoms with Crippen molar-refractivity contribution in [1.29, 1.82) is 5.26 Å². The lowest BCUT2D eigenvalue weighted by molar-refractivity contribution is -0.145. The van der Waals surface area contributed by atoms with Crippen molar-refractivity contribution < 1.29 is 13.9 Å². The summed E-state index contributed by atoms with van der Waals surface area (Å²) in [5.41, 5.74) is 0.674. The Labute approximate surface area is 162 Å². The predicted molar refractivity (Wildman–Crippen MR) is 101 cm³/mol. The van der Waals surface area contributed by atoms with Crippen LogP contribution >= 0.6 is 23.2 Å². The van der Waals surface area contributed by atoms with Crippen molar-refractivity contribution in [2.45, 2.75) is 38.2 Å². The van der Waals surface area contributed by atoms with E-state index in [1.54, 1.807) is 30.3 Å². The monoisotopic (exact) mass is 389 g/mol. The number of furan rings is 1. The van der Waals surface area contributed by atoms with Crippen molar-refractivity contribution in [3.63, 3.8) is 0 Å². The Hall–Kier alpha value is -2.22. The van der Waals surface area contributed by atoms with Gasteiger partial charge in [0.05, 0.1) is 10.0 Å². The molecule has 1 heterocycles. The van der Waals surface area contributed by atoms with E-state index in [1.165, 1.54) is 12.5 Å². The normalized spacial score (nSPS) is 15.5. The molecule has 0 amide bonds. The molecule has 0 radical (unpaired) electrons. The van der Waals surface area contributed by atoms with Crippen LogP contribution in [0.5, 0.6) is 0 Å². The zero-order valence-electron chi connectivity index (χ0n) is 14.0. The fourth-order valence-electron chi connectivity index (χ4n) is 2.91. The molecule has 4 nitrogen and oxygen atoms in total. The number of halogens is 2. The maximum Gasteiger partial charge on any atom is 0.349 e. The third-order valence-electron chi connectivity index (χ3n) is 4.28. The predicted octanol–water partition coefficient (Wildman–Crippen LogP) is 6.04. The largest absolute Gasteiger partial charge is 0.458 e. The lowest BCUT2D eigenvalue weighted by atomic mass is 9.98. The molecule has 1 aliphatic carbocycles. The first-order valence-corrected chi connectivity index (χ1v) is 9.20. The molecule has 1 saturated carbocycles. The number of carbonyl (C=O) groups is 1. The zero-order valence-corrected chi connectivity index (χ0v) is 15.5. The van der Waals surface area contributed by atoms with Gasteiger partial charge in [-0.1, -0.05) is 29.6 Å². The molecule has 2 aromatic rings. The maximum atomic E-state index is 12.2. The topological polar surface area (TPSA) is 63.2 Å². The smallest absolute Gasteiger partial charge is 0.349 e. The zero-order chi connectivity index (χ0) is 18.5. The third-order valence-corrected chi connectivity index (χ3v) is 5.02. The second-order valence-electron chi connectivity index (χ2n) is 6.17. The van der Waals surface area contributed by atoms with Crippen LogP contribution in [0.2, 0.25) is 10.0 Å². The number of esters is 1. The molecule has 0 bridgehead atoms. The van der Waals surface area contributed by atoms with Gasteiger partial charge in [0.1, 0.15) is 29.3 Å². The number of benzene rings is 1. The minimum Gasteiger partial charge on any atom is -0.458 e. The molecule has 3 rings (SSSR count). The van der Waals surface area contributed by atoms with Crippen LogP contribution < -0.4 is 0 Å². The number of nitrogens with zero attached hydrogens (tertiary/aromatic N) is 1. The van der Waals surface area contributed by atoms with E-state index in [0.29, 0.717) is 21.6 Å². The van der Waals surface area contributed by atoms with Gasteiger partial charge in [0.2, 0.25) is 0 Å². The molecule has 1 aromatic carbocycles. The minimum absolute atomic E-state index is 0.0781. The lowest BCUT2D eigenvalue weighted by Gasteiger charge is -2.21. The number of ether oxygens (including phenoxy) is 1. The Morgan fingerprint density at radius 2 is 1.92 bits per heavy atom. The molecule has 0 N–H and O–H groups in total. The fraction of sp³-hybridized carbons (Fsp3) is 0.300. The molecular weight excluding hydrogens is 373 g/mol. The van der Waals surface area contributed by atoms with Gasteiger partial charge in [0.25, 0.3) is 0 Å². The van der Waals surface area contributed by atoms with Gasteiger partial charge in [-0.25, -0.2) is 4.79 Å². The molecule has 0 atom stereocenters. The highest BCUT2D eigenvalue weighted by Gasteiger charge is 2.20. The van der Waals surface area contributed by atoms with Crippen LogP contribution in [0.25, 0.3) is 17.4 Å². The van der Waals surface area contributed by atoms with Crippen LogP contribution in [-0.4, -0.2) is 12.1 Å². The molecule has 1 aromatic heterocycles. The Bertz CT molecular complexity index is 873. The molecule has 1 fully saturated rings. The molecule has 0 aliphatic heterocycles. The summed E-state index contributed by atoms with van der Waals surface area (Å²) in [6, 6.07) is 10.5. The Morgan fingerprint density at radius 3 is 2.62 bits per heavy atom. The number of carbonyl (C=O) groups excluding carboxylic acids is 1.